The third-order valence-corrected chi connectivity index (χ3v) is 5.42. The van der Waals surface area contributed by atoms with Gasteiger partial charge < -0.3 is 9.88 Å². The van der Waals surface area contributed by atoms with Gasteiger partial charge in [0.1, 0.15) is 12.1 Å². The molecule has 0 amide bonds. The lowest BCUT2D eigenvalue weighted by molar-refractivity contribution is 0.289. The van der Waals surface area contributed by atoms with Gasteiger partial charge in [0.15, 0.2) is 0 Å². The van der Waals surface area contributed by atoms with Gasteiger partial charge in [0.05, 0.1) is 5.69 Å². The van der Waals surface area contributed by atoms with Crippen LogP contribution in [0.4, 0.5) is 4.39 Å². The van der Waals surface area contributed by atoms with Gasteiger partial charge in [-0.2, -0.15) is 0 Å². The van der Waals surface area contributed by atoms with Gasteiger partial charge in [-0.05, 0) is 47.8 Å². The Labute approximate surface area is 156 Å². The second-order valence-corrected chi connectivity index (χ2v) is 7.16. The Morgan fingerprint density at radius 3 is 2.93 bits per heavy atom. The lowest BCUT2D eigenvalue weighted by Crippen LogP contribution is -2.31. The zero-order chi connectivity index (χ0) is 18.4. The molecular formula is C22H19FN4. The summed E-state index contributed by atoms with van der Waals surface area (Å²) in [6.45, 7) is 1.47. The topological polar surface area (TPSA) is 44.8 Å². The van der Waals surface area contributed by atoms with Crippen molar-refractivity contribution >= 4 is 10.9 Å². The van der Waals surface area contributed by atoms with Gasteiger partial charge in [0.25, 0.3) is 0 Å². The minimum Gasteiger partial charge on any atom is -0.361 e. The Morgan fingerprint density at radius 2 is 2.07 bits per heavy atom. The van der Waals surface area contributed by atoms with Crippen molar-refractivity contribution in [2.45, 2.75) is 12.5 Å². The van der Waals surface area contributed by atoms with E-state index in [0.29, 0.717) is 17.8 Å². The molecule has 2 aromatic carbocycles. The summed E-state index contributed by atoms with van der Waals surface area (Å²) in [5.41, 5.74) is 5.28. The van der Waals surface area contributed by atoms with Crippen molar-refractivity contribution in [3.8, 4) is 11.3 Å². The lowest BCUT2D eigenvalue weighted by Gasteiger charge is -2.33. The number of rotatable bonds is 2. The van der Waals surface area contributed by atoms with E-state index in [0.717, 1.165) is 23.2 Å². The molecule has 134 valence electrons. The third kappa shape index (κ3) is 2.71. The molecule has 27 heavy (non-hydrogen) atoms. The van der Waals surface area contributed by atoms with E-state index in [1.165, 1.54) is 17.3 Å². The molecule has 0 spiro atoms. The van der Waals surface area contributed by atoms with Crippen LogP contribution in [-0.2, 0) is 6.54 Å². The van der Waals surface area contributed by atoms with Crippen LogP contribution in [0.25, 0.3) is 22.2 Å². The van der Waals surface area contributed by atoms with Crippen LogP contribution in [0.2, 0.25) is 0 Å². The predicted octanol–water partition coefficient (Wildman–Crippen LogP) is 4.34. The molecule has 3 heterocycles. The van der Waals surface area contributed by atoms with Crippen LogP contribution in [-0.4, -0.2) is 33.4 Å². The summed E-state index contributed by atoms with van der Waals surface area (Å²) in [7, 11) is 2.04. The summed E-state index contributed by atoms with van der Waals surface area (Å²) >= 11 is 0. The molecule has 0 aliphatic carbocycles. The molecule has 0 saturated carbocycles. The zero-order valence-electron chi connectivity index (χ0n) is 15.0. The molecule has 1 aliphatic rings. The molecule has 0 fully saturated rings. The standard InChI is InChI=1S/C22H19FN4/c1-27-11-18(15-3-2-14-6-9-25-21(14)10-15)16-4-5-17(22(23)19(16)12-27)20-7-8-24-13-26-20/h2-10,13,18,25H,11-12H2,1H3. The number of hydrogen-bond acceptors (Lipinski definition) is 3. The van der Waals surface area contributed by atoms with Crippen molar-refractivity contribution in [1.29, 1.82) is 0 Å². The van der Waals surface area contributed by atoms with E-state index in [1.54, 1.807) is 12.3 Å². The normalized spacial score (nSPS) is 17.2. The maximum absolute atomic E-state index is 15.4. The van der Waals surface area contributed by atoms with Gasteiger partial charge in [-0.15, -0.1) is 0 Å². The highest BCUT2D eigenvalue weighted by Crippen LogP contribution is 2.37. The van der Waals surface area contributed by atoms with E-state index in [4.69, 9.17) is 0 Å². The highest BCUT2D eigenvalue weighted by molar-refractivity contribution is 5.80. The Bertz CT molecular complexity index is 1120. The summed E-state index contributed by atoms with van der Waals surface area (Å²) in [6, 6.07) is 14.2. The number of aromatic amines is 1. The van der Waals surface area contributed by atoms with Crippen LogP contribution in [0, 0.1) is 5.82 Å². The Kier molecular flexibility index (Phi) is 3.76. The first-order valence-corrected chi connectivity index (χ1v) is 9.04. The summed E-state index contributed by atoms with van der Waals surface area (Å²) in [5.74, 6) is -0.0379. The molecule has 0 bridgehead atoms. The number of H-pyrrole nitrogens is 1. The van der Waals surface area contributed by atoms with E-state index in [2.05, 4.69) is 50.2 Å². The minimum absolute atomic E-state index is 0.139. The highest BCUT2D eigenvalue weighted by atomic mass is 19.1. The Hall–Kier alpha value is -3.05. The predicted molar refractivity (Wildman–Crippen MR) is 104 cm³/mol. The van der Waals surface area contributed by atoms with Crippen molar-refractivity contribution in [3.63, 3.8) is 0 Å². The molecule has 0 radical (unpaired) electrons. The summed E-state index contributed by atoms with van der Waals surface area (Å²) in [5, 5.41) is 1.19. The van der Waals surface area contributed by atoms with Crippen LogP contribution in [0.5, 0.6) is 0 Å². The highest BCUT2D eigenvalue weighted by Gasteiger charge is 2.28. The molecule has 5 heteroatoms. The number of aromatic nitrogens is 3. The first-order chi connectivity index (χ1) is 13.2. The number of nitrogens with zero attached hydrogens (tertiary/aromatic N) is 3. The van der Waals surface area contributed by atoms with Crippen LogP contribution >= 0.6 is 0 Å². The average Bonchev–Trinajstić information content (AvgIpc) is 3.17. The first kappa shape index (κ1) is 16.1. The molecule has 4 nitrogen and oxygen atoms in total. The second kappa shape index (κ2) is 6.28. The summed E-state index contributed by atoms with van der Waals surface area (Å²) in [6.07, 6.45) is 5.04. The van der Waals surface area contributed by atoms with Gasteiger partial charge in [0.2, 0.25) is 0 Å². The van der Waals surface area contributed by atoms with Crippen LogP contribution in [0.15, 0.2) is 61.2 Å². The molecule has 5 rings (SSSR count). The largest absolute Gasteiger partial charge is 0.361 e. The van der Waals surface area contributed by atoms with Gasteiger partial charge in [-0.25, -0.2) is 14.4 Å². The number of halogens is 1. The molecule has 1 aliphatic heterocycles. The fourth-order valence-corrected chi connectivity index (χ4v) is 4.08. The smallest absolute Gasteiger partial charge is 0.137 e. The van der Waals surface area contributed by atoms with Crippen molar-refractivity contribution < 1.29 is 4.39 Å². The lowest BCUT2D eigenvalue weighted by atomic mass is 9.83. The van der Waals surface area contributed by atoms with Gasteiger partial charge in [-0.1, -0.05) is 18.2 Å². The molecule has 1 N–H and O–H groups in total. The van der Waals surface area contributed by atoms with Crippen molar-refractivity contribution in [1.82, 2.24) is 19.9 Å². The number of hydrogen-bond donors (Lipinski definition) is 1. The third-order valence-electron chi connectivity index (χ3n) is 5.42. The van der Waals surface area contributed by atoms with Gasteiger partial charge in [-0.3, -0.25) is 0 Å². The Balaban J connectivity index is 1.64. The van der Waals surface area contributed by atoms with E-state index < -0.39 is 0 Å². The fourth-order valence-electron chi connectivity index (χ4n) is 4.08. The second-order valence-electron chi connectivity index (χ2n) is 7.16. The molecule has 2 aromatic heterocycles. The average molecular weight is 358 g/mol. The van der Waals surface area contributed by atoms with E-state index >= 15 is 4.39 Å². The molecule has 1 unspecified atom stereocenters. The maximum Gasteiger partial charge on any atom is 0.137 e. The van der Waals surface area contributed by atoms with Gasteiger partial charge in [0, 0.05) is 48.0 Å². The van der Waals surface area contributed by atoms with E-state index in [1.807, 2.05) is 19.3 Å². The van der Waals surface area contributed by atoms with Crippen LogP contribution in [0.3, 0.4) is 0 Å². The first-order valence-electron chi connectivity index (χ1n) is 9.04. The van der Waals surface area contributed by atoms with Crippen molar-refractivity contribution in [3.05, 3.63) is 83.7 Å². The molecule has 0 saturated heterocycles. The number of fused-ring (bicyclic) bond motifs is 2. The van der Waals surface area contributed by atoms with Crippen LogP contribution < -0.4 is 0 Å². The van der Waals surface area contributed by atoms with Crippen molar-refractivity contribution in [2.24, 2.45) is 0 Å². The number of likely N-dealkylation sites (N-methyl/N-ethyl adjacent to an activating group) is 1. The van der Waals surface area contributed by atoms with E-state index in [9.17, 15) is 0 Å². The summed E-state index contributed by atoms with van der Waals surface area (Å²) < 4.78 is 15.4. The SMILES string of the molecule is CN1Cc2c(ccc(-c3ccncn3)c2F)C(c2ccc3cc[nH]c3c2)C1. The summed E-state index contributed by atoms with van der Waals surface area (Å²) in [4.78, 5) is 13.6. The minimum atomic E-state index is -0.177. The zero-order valence-corrected chi connectivity index (χ0v) is 15.0. The maximum atomic E-state index is 15.4. The Morgan fingerprint density at radius 1 is 1.15 bits per heavy atom. The molecule has 1 atom stereocenters. The monoisotopic (exact) mass is 358 g/mol. The van der Waals surface area contributed by atoms with Crippen LogP contribution in [0.1, 0.15) is 22.6 Å². The molecular weight excluding hydrogens is 339 g/mol. The number of benzene rings is 2. The van der Waals surface area contributed by atoms with E-state index in [-0.39, 0.29) is 11.7 Å². The fraction of sp³-hybridized carbons (Fsp3) is 0.182. The van der Waals surface area contributed by atoms with Crippen molar-refractivity contribution in [2.75, 3.05) is 13.6 Å². The van der Waals surface area contributed by atoms with Gasteiger partial charge >= 0.3 is 0 Å². The molecule has 4 aromatic rings. The quantitative estimate of drug-likeness (QED) is 0.580. The number of nitrogens with one attached hydrogen (secondary N) is 1.